The van der Waals surface area contributed by atoms with E-state index < -0.39 is 0 Å². The molecule has 0 bridgehead atoms. The van der Waals surface area contributed by atoms with Gasteiger partial charge in [-0.2, -0.15) is 0 Å². The molecular weight excluding hydrogens is 400 g/mol. The van der Waals surface area contributed by atoms with Gasteiger partial charge in [-0.1, -0.05) is 56.3 Å². The molecule has 6 heteroatoms. The van der Waals surface area contributed by atoms with E-state index in [1.165, 1.54) is 0 Å². The fourth-order valence-electron chi connectivity index (χ4n) is 3.89. The molecule has 3 aromatic rings. The molecule has 0 spiro atoms. The molecule has 1 aliphatic rings. The number of fused-ring (bicyclic) bond motifs is 1. The number of carbonyl (C=O) groups excluding carboxylic acids is 2. The minimum atomic E-state index is -0.148. The predicted molar refractivity (Wildman–Crippen MR) is 129 cm³/mol. The van der Waals surface area contributed by atoms with Crippen LogP contribution in [0.3, 0.4) is 0 Å². The maximum atomic E-state index is 12.6. The van der Waals surface area contributed by atoms with Crippen LogP contribution in [-0.4, -0.2) is 47.9 Å². The van der Waals surface area contributed by atoms with Crippen LogP contribution in [0, 0.1) is 0 Å². The van der Waals surface area contributed by atoms with E-state index in [0.29, 0.717) is 23.5 Å². The Morgan fingerprint density at radius 3 is 2.53 bits per heavy atom. The maximum absolute atomic E-state index is 12.6. The molecule has 2 aromatic carbocycles. The number of nitrogens with one attached hydrogen (secondary N) is 3. The van der Waals surface area contributed by atoms with E-state index in [0.717, 1.165) is 42.0 Å². The van der Waals surface area contributed by atoms with Gasteiger partial charge in [-0.15, -0.1) is 0 Å². The Morgan fingerprint density at radius 1 is 1.00 bits per heavy atom. The first-order valence-electron chi connectivity index (χ1n) is 11.0. The fraction of sp³-hybridized carbons (Fsp3) is 0.231. The minimum Gasteiger partial charge on any atom is -0.351 e. The van der Waals surface area contributed by atoms with Crippen molar-refractivity contribution in [2.24, 2.45) is 0 Å². The average Bonchev–Trinajstić information content (AvgIpc) is 3.41. The molecule has 0 saturated carbocycles. The normalized spacial score (nSPS) is 14.0. The number of aromatic amines is 1. The van der Waals surface area contributed by atoms with Crippen LogP contribution in [0.1, 0.15) is 35.6 Å². The molecule has 0 atom stereocenters. The highest BCUT2D eigenvalue weighted by molar-refractivity contribution is 6.35. The van der Waals surface area contributed by atoms with Crippen molar-refractivity contribution >= 4 is 29.2 Å². The Hall–Kier alpha value is -3.64. The van der Waals surface area contributed by atoms with E-state index in [4.69, 9.17) is 0 Å². The molecule has 1 aliphatic heterocycles. The van der Waals surface area contributed by atoms with E-state index in [9.17, 15) is 9.59 Å². The summed E-state index contributed by atoms with van der Waals surface area (Å²) in [6.07, 6.45) is 1.79. The van der Waals surface area contributed by atoms with Gasteiger partial charge < -0.3 is 20.5 Å². The highest BCUT2D eigenvalue weighted by atomic mass is 16.2. The fourth-order valence-corrected chi connectivity index (χ4v) is 3.89. The monoisotopic (exact) mass is 428 g/mol. The molecule has 4 rings (SSSR count). The van der Waals surface area contributed by atoms with Crippen molar-refractivity contribution < 1.29 is 9.59 Å². The molecule has 0 saturated heterocycles. The second-order valence-corrected chi connectivity index (χ2v) is 7.75. The van der Waals surface area contributed by atoms with Gasteiger partial charge >= 0.3 is 0 Å². The standard InChI is InChI=1S/C26H28N4O2/c1-3-30(4-2)15-14-27-26(32)23-13-11-20(28-23)17-22-21-12-10-19(16-24(21)29-25(22)31)18-8-6-5-7-9-18/h5-13,16-17,28H,3-4,14-15H2,1-2H3,(H,27,32)(H,29,31)/b22-17-. The molecular formula is C26H28N4O2. The zero-order valence-electron chi connectivity index (χ0n) is 18.4. The maximum Gasteiger partial charge on any atom is 0.267 e. The van der Waals surface area contributed by atoms with Crippen molar-refractivity contribution in [2.45, 2.75) is 13.8 Å². The van der Waals surface area contributed by atoms with Gasteiger partial charge in [0.15, 0.2) is 0 Å². The third kappa shape index (κ3) is 4.65. The zero-order chi connectivity index (χ0) is 22.5. The molecule has 164 valence electrons. The average molecular weight is 429 g/mol. The van der Waals surface area contributed by atoms with Crippen molar-refractivity contribution in [3.05, 3.63) is 77.6 Å². The molecule has 2 heterocycles. The number of amides is 2. The Morgan fingerprint density at radius 2 is 1.78 bits per heavy atom. The van der Waals surface area contributed by atoms with E-state index in [-0.39, 0.29) is 11.8 Å². The van der Waals surface area contributed by atoms with Gasteiger partial charge in [0, 0.05) is 30.0 Å². The van der Waals surface area contributed by atoms with Crippen LogP contribution in [-0.2, 0) is 4.79 Å². The number of nitrogens with zero attached hydrogens (tertiary/aromatic N) is 1. The van der Waals surface area contributed by atoms with Gasteiger partial charge in [-0.05, 0) is 48.5 Å². The third-order valence-corrected chi connectivity index (χ3v) is 5.77. The molecule has 0 radical (unpaired) electrons. The van der Waals surface area contributed by atoms with Gasteiger partial charge in [0.25, 0.3) is 11.8 Å². The van der Waals surface area contributed by atoms with E-state index in [1.807, 2.05) is 54.6 Å². The molecule has 6 nitrogen and oxygen atoms in total. The number of rotatable bonds is 8. The summed E-state index contributed by atoms with van der Waals surface area (Å²) >= 11 is 0. The summed E-state index contributed by atoms with van der Waals surface area (Å²) in [5.74, 6) is -0.296. The van der Waals surface area contributed by atoms with Crippen LogP contribution in [0.4, 0.5) is 5.69 Å². The second kappa shape index (κ2) is 9.66. The number of benzene rings is 2. The molecule has 3 N–H and O–H groups in total. The van der Waals surface area contributed by atoms with Crippen LogP contribution in [0.15, 0.2) is 60.7 Å². The van der Waals surface area contributed by atoms with Gasteiger partial charge in [0.1, 0.15) is 5.69 Å². The zero-order valence-corrected chi connectivity index (χ0v) is 18.4. The molecule has 2 amide bonds. The van der Waals surface area contributed by atoms with E-state index >= 15 is 0 Å². The SMILES string of the molecule is CCN(CC)CCNC(=O)c1ccc(/C=C2\C(=O)Nc3cc(-c4ccccc4)ccc32)[nH]1. The van der Waals surface area contributed by atoms with Crippen LogP contribution >= 0.6 is 0 Å². The highest BCUT2D eigenvalue weighted by Gasteiger charge is 2.24. The lowest BCUT2D eigenvalue weighted by molar-refractivity contribution is -0.110. The number of hydrogen-bond acceptors (Lipinski definition) is 3. The quantitative estimate of drug-likeness (QED) is 0.470. The van der Waals surface area contributed by atoms with Gasteiger partial charge in [-0.3, -0.25) is 9.59 Å². The lowest BCUT2D eigenvalue weighted by atomic mass is 10.00. The predicted octanol–water partition coefficient (Wildman–Crippen LogP) is 4.25. The lowest BCUT2D eigenvalue weighted by Gasteiger charge is -2.17. The summed E-state index contributed by atoms with van der Waals surface area (Å²) < 4.78 is 0. The van der Waals surface area contributed by atoms with Crippen molar-refractivity contribution in [2.75, 3.05) is 31.5 Å². The summed E-state index contributed by atoms with van der Waals surface area (Å²) in [5.41, 5.74) is 5.57. The summed E-state index contributed by atoms with van der Waals surface area (Å²) in [6.45, 7) is 7.55. The largest absolute Gasteiger partial charge is 0.351 e. The van der Waals surface area contributed by atoms with Crippen molar-refractivity contribution in [3.8, 4) is 11.1 Å². The molecule has 32 heavy (non-hydrogen) atoms. The summed E-state index contributed by atoms with van der Waals surface area (Å²) in [5, 5.41) is 5.89. The van der Waals surface area contributed by atoms with Crippen LogP contribution in [0.2, 0.25) is 0 Å². The number of anilines is 1. The van der Waals surface area contributed by atoms with Crippen LogP contribution < -0.4 is 10.6 Å². The summed E-state index contributed by atoms with van der Waals surface area (Å²) in [6, 6.07) is 19.6. The summed E-state index contributed by atoms with van der Waals surface area (Å²) in [4.78, 5) is 30.4. The number of aromatic nitrogens is 1. The van der Waals surface area contributed by atoms with Gasteiger partial charge in [-0.25, -0.2) is 0 Å². The topological polar surface area (TPSA) is 77.2 Å². The molecule has 0 unspecified atom stereocenters. The summed E-state index contributed by atoms with van der Waals surface area (Å²) in [7, 11) is 0. The van der Waals surface area contributed by atoms with Crippen molar-refractivity contribution in [3.63, 3.8) is 0 Å². The first-order chi connectivity index (χ1) is 15.6. The molecule has 1 aromatic heterocycles. The first kappa shape index (κ1) is 21.6. The van der Waals surface area contributed by atoms with Crippen molar-refractivity contribution in [1.29, 1.82) is 0 Å². The van der Waals surface area contributed by atoms with Crippen molar-refractivity contribution in [1.82, 2.24) is 15.2 Å². The number of hydrogen-bond donors (Lipinski definition) is 3. The number of likely N-dealkylation sites (N-methyl/N-ethyl adjacent to an activating group) is 1. The lowest BCUT2D eigenvalue weighted by Crippen LogP contribution is -2.34. The second-order valence-electron chi connectivity index (χ2n) is 7.75. The Balaban J connectivity index is 1.48. The highest BCUT2D eigenvalue weighted by Crippen LogP contribution is 2.36. The smallest absolute Gasteiger partial charge is 0.267 e. The Bertz CT molecular complexity index is 1140. The number of carbonyl (C=O) groups is 2. The van der Waals surface area contributed by atoms with E-state index in [1.54, 1.807) is 12.1 Å². The Labute approximate surface area is 188 Å². The first-order valence-corrected chi connectivity index (χ1v) is 11.0. The van der Waals surface area contributed by atoms with Gasteiger partial charge in [0.05, 0.1) is 5.57 Å². The number of H-pyrrole nitrogens is 1. The third-order valence-electron chi connectivity index (χ3n) is 5.77. The molecule has 0 aliphatic carbocycles. The van der Waals surface area contributed by atoms with Gasteiger partial charge in [0.2, 0.25) is 0 Å². The van der Waals surface area contributed by atoms with Crippen LogP contribution in [0.5, 0.6) is 0 Å². The Kier molecular flexibility index (Phi) is 6.52. The van der Waals surface area contributed by atoms with E-state index in [2.05, 4.69) is 34.4 Å². The van der Waals surface area contributed by atoms with Crippen LogP contribution in [0.25, 0.3) is 22.8 Å². The molecule has 0 fully saturated rings. The minimum absolute atomic E-state index is 0.148.